The maximum absolute atomic E-state index is 13.2. The maximum atomic E-state index is 13.2. The molecule has 1 saturated heterocycles. The minimum absolute atomic E-state index is 0.345. The molecule has 0 N–H and O–H groups in total. The standard InChI is InChI=1S/C20H24ClFN2O2S/c1-2-3-16-4-8-19(9-5-16)27(25,26)24-12-10-23(11-13-24)15-17-6-7-18(22)14-20(17)21/h4-9,14H,2-3,10-13,15H2,1H3. The molecule has 0 unspecified atom stereocenters. The van der Waals surface area contributed by atoms with Gasteiger partial charge in [0.05, 0.1) is 4.90 Å². The third kappa shape index (κ3) is 4.88. The molecule has 0 saturated carbocycles. The quantitative estimate of drug-likeness (QED) is 0.724. The lowest BCUT2D eigenvalue weighted by Crippen LogP contribution is -2.48. The van der Waals surface area contributed by atoms with E-state index in [1.165, 1.54) is 16.4 Å². The van der Waals surface area contributed by atoms with E-state index >= 15 is 0 Å². The van der Waals surface area contributed by atoms with E-state index < -0.39 is 10.0 Å². The number of aryl methyl sites for hydroxylation is 1. The second-order valence-electron chi connectivity index (χ2n) is 6.81. The van der Waals surface area contributed by atoms with Crippen LogP contribution < -0.4 is 0 Å². The lowest BCUT2D eigenvalue weighted by atomic mass is 10.1. The van der Waals surface area contributed by atoms with Gasteiger partial charge >= 0.3 is 0 Å². The molecule has 0 atom stereocenters. The minimum atomic E-state index is -3.47. The highest BCUT2D eigenvalue weighted by molar-refractivity contribution is 7.89. The fraction of sp³-hybridized carbons (Fsp3) is 0.400. The second-order valence-corrected chi connectivity index (χ2v) is 9.16. The zero-order chi connectivity index (χ0) is 19.4. The predicted octanol–water partition coefficient (Wildman–Crippen LogP) is 3.94. The third-order valence-corrected chi connectivity index (χ3v) is 7.10. The van der Waals surface area contributed by atoms with Gasteiger partial charge in [-0.1, -0.05) is 43.1 Å². The van der Waals surface area contributed by atoms with Crippen molar-refractivity contribution in [1.82, 2.24) is 9.21 Å². The minimum Gasteiger partial charge on any atom is -0.296 e. The average Bonchev–Trinajstić information content (AvgIpc) is 2.65. The van der Waals surface area contributed by atoms with Crippen molar-refractivity contribution in [2.45, 2.75) is 31.2 Å². The molecule has 2 aromatic carbocycles. The number of hydrogen-bond acceptors (Lipinski definition) is 3. The first kappa shape index (κ1) is 20.3. The van der Waals surface area contributed by atoms with Gasteiger partial charge in [0.25, 0.3) is 0 Å². The van der Waals surface area contributed by atoms with Crippen LogP contribution in [0, 0.1) is 5.82 Å². The topological polar surface area (TPSA) is 40.6 Å². The molecule has 0 bridgehead atoms. The van der Waals surface area contributed by atoms with Gasteiger partial charge < -0.3 is 0 Å². The molecule has 3 rings (SSSR count). The van der Waals surface area contributed by atoms with E-state index in [-0.39, 0.29) is 5.82 Å². The molecule has 27 heavy (non-hydrogen) atoms. The van der Waals surface area contributed by atoms with Gasteiger partial charge in [-0.25, -0.2) is 12.8 Å². The van der Waals surface area contributed by atoms with Crippen molar-refractivity contribution in [3.63, 3.8) is 0 Å². The average molecular weight is 411 g/mol. The summed E-state index contributed by atoms with van der Waals surface area (Å²) >= 11 is 6.09. The van der Waals surface area contributed by atoms with Crippen LogP contribution in [0.25, 0.3) is 0 Å². The van der Waals surface area contributed by atoms with Crippen molar-refractivity contribution >= 4 is 21.6 Å². The summed E-state index contributed by atoms with van der Waals surface area (Å²) in [5.74, 6) is -0.357. The number of nitrogens with zero attached hydrogens (tertiary/aromatic N) is 2. The van der Waals surface area contributed by atoms with Gasteiger partial charge in [0.1, 0.15) is 5.82 Å². The van der Waals surface area contributed by atoms with E-state index in [0.717, 1.165) is 24.0 Å². The summed E-state index contributed by atoms with van der Waals surface area (Å²) in [6.45, 7) is 4.76. The summed E-state index contributed by atoms with van der Waals surface area (Å²) in [5.41, 5.74) is 2.00. The largest absolute Gasteiger partial charge is 0.296 e. The maximum Gasteiger partial charge on any atom is 0.243 e. The fourth-order valence-electron chi connectivity index (χ4n) is 3.28. The van der Waals surface area contributed by atoms with E-state index in [4.69, 9.17) is 11.6 Å². The van der Waals surface area contributed by atoms with Crippen molar-refractivity contribution < 1.29 is 12.8 Å². The Morgan fingerprint density at radius 3 is 2.30 bits per heavy atom. The van der Waals surface area contributed by atoms with Gasteiger partial charge in [-0.15, -0.1) is 0 Å². The Balaban J connectivity index is 1.62. The number of sulfonamides is 1. The van der Waals surface area contributed by atoms with Crippen molar-refractivity contribution in [2.24, 2.45) is 0 Å². The number of benzene rings is 2. The van der Waals surface area contributed by atoms with Crippen molar-refractivity contribution in [1.29, 1.82) is 0 Å². The molecule has 7 heteroatoms. The molecule has 1 aliphatic rings. The van der Waals surface area contributed by atoms with Gasteiger partial charge in [0.2, 0.25) is 10.0 Å². The Labute approximate surface area is 165 Å². The number of piperazine rings is 1. The zero-order valence-electron chi connectivity index (χ0n) is 15.4. The first-order valence-electron chi connectivity index (χ1n) is 9.15. The smallest absolute Gasteiger partial charge is 0.243 e. The van der Waals surface area contributed by atoms with E-state index in [1.54, 1.807) is 18.2 Å². The van der Waals surface area contributed by atoms with Crippen LogP contribution in [0.4, 0.5) is 4.39 Å². The molecule has 4 nitrogen and oxygen atoms in total. The van der Waals surface area contributed by atoms with Crippen molar-refractivity contribution in [3.8, 4) is 0 Å². The molecular weight excluding hydrogens is 387 g/mol. The van der Waals surface area contributed by atoms with Crippen LogP contribution in [0.3, 0.4) is 0 Å². The lowest BCUT2D eigenvalue weighted by molar-refractivity contribution is 0.181. The summed E-state index contributed by atoms with van der Waals surface area (Å²) in [6.07, 6.45) is 1.98. The SMILES string of the molecule is CCCc1ccc(S(=O)(=O)N2CCN(Cc3ccc(F)cc3Cl)CC2)cc1. The zero-order valence-corrected chi connectivity index (χ0v) is 16.9. The van der Waals surface area contributed by atoms with Gasteiger partial charge in [0, 0.05) is 37.7 Å². The normalized spacial score (nSPS) is 16.6. The molecule has 0 aliphatic carbocycles. The molecule has 0 spiro atoms. The van der Waals surface area contributed by atoms with Crippen molar-refractivity contribution in [3.05, 3.63) is 64.4 Å². The Morgan fingerprint density at radius 1 is 1.04 bits per heavy atom. The monoisotopic (exact) mass is 410 g/mol. The first-order chi connectivity index (χ1) is 12.9. The molecule has 0 amide bonds. The van der Waals surface area contributed by atoms with Crippen LogP contribution >= 0.6 is 11.6 Å². The Bertz CT molecular complexity index is 879. The second kappa shape index (κ2) is 8.69. The molecular formula is C20H24ClFN2O2S. The van der Waals surface area contributed by atoms with Crippen LogP contribution in [-0.4, -0.2) is 43.8 Å². The number of halogens is 2. The highest BCUT2D eigenvalue weighted by Crippen LogP contribution is 2.22. The molecule has 2 aromatic rings. The fourth-order valence-corrected chi connectivity index (χ4v) is 4.93. The third-order valence-electron chi connectivity index (χ3n) is 4.84. The highest BCUT2D eigenvalue weighted by Gasteiger charge is 2.28. The summed E-state index contributed by atoms with van der Waals surface area (Å²) in [5, 5.41) is 0.400. The summed E-state index contributed by atoms with van der Waals surface area (Å²) in [7, 11) is -3.47. The van der Waals surface area contributed by atoms with E-state index in [2.05, 4.69) is 11.8 Å². The van der Waals surface area contributed by atoms with E-state index in [9.17, 15) is 12.8 Å². The predicted molar refractivity (Wildman–Crippen MR) is 106 cm³/mol. The highest BCUT2D eigenvalue weighted by atomic mass is 35.5. The molecule has 0 aromatic heterocycles. The molecule has 1 heterocycles. The Kier molecular flexibility index (Phi) is 6.52. The van der Waals surface area contributed by atoms with Crippen LogP contribution in [0.1, 0.15) is 24.5 Å². The molecule has 1 aliphatic heterocycles. The van der Waals surface area contributed by atoms with Gasteiger partial charge in [-0.3, -0.25) is 4.90 Å². The first-order valence-corrected chi connectivity index (χ1v) is 11.0. The Morgan fingerprint density at radius 2 is 1.70 bits per heavy atom. The van der Waals surface area contributed by atoms with Gasteiger partial charge in [-0.05, 0) is 41.8 Å². The Hall–Kier alpha value is -1.47. The van der Waals surface area contributed by atoms with Crippen LogP contribution in [0.15, 0.2) is 47.4 Å². The van der Waals surface area contributed by atoms with Crippen LogP contribution in [-0.2, 0) is 23.0 Å². The lowest BCUT2D eigenvalue weighted by Gasteiger charge is -2.34. The summed E-state index contributed by atoms with van der Waals surface area (Å²) < 4.78 is 40.4. The number of rotatable bonds is 6. The molecule has 0 radical (unpaired) electrons. The van der Waals surface area contributed by atoms with Crippen molar-refractivity contribution in [2.75, 3.05) is 26.2 Å². The summed E-state index contributed by atoms with van der Waals surface area (Å²) in [6, 6.07) is 11.6. The van der Waals surface area contributed by atoms with E-state index in [0.29, 0.717) is 42.6 Å². The van der Waals surface area contributed by atoms with Crippen LogP contribution in [0.5, 0.6) is 0 Å². The van der Waals surface area contributed by atoms with Gasteiger partial charge in [-0.2, -0.15) is 4.31 Å². The summed E-state index contributed by atoms with van der Waals surface area (Å²) in [4.78, 5) is 2.48. The number of hydrogen-bond donors (Lipinski definition) is 0. The molecule has 146 valence electrons. The molecule has 1 fully saturated rings. The van der Waals surface area contributed by atoms with E-state index in [1.807, 2.05) is 12.1 Å². The van der Waals surface area contributed by atoms with Crippen LogP contribution in [0.2, 0.25) is 5.02 Å². The van der Waals surface area contributed by atoms with Gasteiger partial charge in [0.15, 0.2) is 0 Å².